The molecule has 0 unspecified atom stereocenters. The van der Waals surface area contributed by atoms with Gasteiger partial charge in [0.05, 0.1) is 11.9 Å². The summed E-state index contributed by atoms with van der Waals surface area (Å²) in [6.45, 7) is 8.36. The number of oxime groups is 1. The van der Waals surface area contributed by atoms with Crippen LogP contribution in [-0.2, 0) is 14.4 Å². The second-order valence-corrected chi connectivity index (χ2v) is 3.77. The number of hydrogen-bond acceptors (Lipinski definition) is 5. The molecular formula is C12H23N2O4-. The van der Waals surface area contributed by atoms with Crippen molar-refractivity contribution in [3.05, 3.63) is 0 Å². The van der Waals surface area contributed by atoms with Crippen LogP contribution < -0.4 is 5.11 Å². The van der Waals surface area contributed by atoms with E-state index >= 15 is 0 Å². The van der Waals surface area contributed by atoms with Gasteiger partial charge in [0.2, 0.25) is 0 Å². The molecule has 0 radical (unpaired) electrons. The molecule has 0 saturated heterocycles. The maximum absolute atomic E-state index is 11.5. The molecule has 0 saturated carbocycles. The van der Waals surface area contributed by atoms with Gasteiger partial charge in [0, 0.05) is 13.1 Å². The van der Waals surface area contributed by atoms with Gasteiger partial charge in [0.15, 0.2) is 0 Å². The first kappa shape index (κ1) is 16.5. The monoisotopic (exact) mass is 259 g/mol. The Morgan fingerprint density at radius 3 is 2.22 bits per heavy atom. The zero-order chi connectivity index (χ0) is 14.0. The lowest BCUT2D eigenvalue weighted by molar-refractivity contribution is -0.241. The van der Waals surface area contributed by atoms with E-state index in [1.165, 1.54) is 4.90 Å². The van der Waals surface area contributed by atoms with Gasteiger partial charge in [-0.1, -0.05) is 19.0 Å². The number of nitrogens with zero attached hydrogens (tertiary/aromatic N) is 2. The van der Waals surface area contributed by atoms with E-state index < -0.39 is 6.02 Å². The molecule has 0 spiro atoms. The third-order valence-electron chi connectivity index (χ3n) is 2.75. The van der Waals surface area contributed by atoms with Gasteiger partial charge in [0.1, 0.15) is 0 Å². The largest absolute Gasteiger partial charge is 0.844 e. The first-order chi connectivity index (χ1) is 8.60. The van der Waals surface area contributed by atoms with Crippen molar-refractivity contribution in [2.45, 2.75) is 40.5 Å². The number of rotatable bonds is 8. The van der Waals surface area contributed by atoms with Gasteiger partial charge < -0.3 is 19.6 Å². The van der Waals surface area contributed by atoms with Crippen LogP contribution in [0.15, 0.2) is 5.16 Å². The molecule has 0 aromatic carbocycles. The second-order valence-electron chi connectivity index (χ2n) is 3.77. The molecule has 0 aliphatic rings. The number of carbonyl (C=O) groups is 1. The summed E-state index contributed by atoms with van der Waals surface area (Å²) in [6, 6.07) is -0.460. The summed E-state index contributed by atoms with van der Waals surface area (Å²) in [5, 5.41) is 14.7. The van der Waals surface area contributed by atoms with Crippen LogP contribution in [0.2, 0.25) is 0 Å². The standard InChI is InChI=1S/C12H24N2O4/c1-5-10(6-2)11(15)17-9-18-13-12(16)14(7-3)8-4/h10H,5-9H2,1-4H3,(H,13,16)/p-1. The summed E-state index contributed by atoms with van der Waals surface area (Å²) in [6.07, 6.45) is 1.45. The first-order valence-electron chi connectivity index (χ1n) is 6.39. The highest BCUT2D eigenvalue weighted by Crippen LogP contribution is 2.09. The second kappa shape index (κ2) is 9.56. The highest BCUT2D eigenvalue weighted by atomic mass is 16.8. The van der Waals surface area contributed by atoms with E-state index in [1.54, 1.807) is 0 Å². The van der Waals surface area contributed by atoms with Crippen molar-refractivity contribution in [3.63, 3.8) is 0 Å². The Morgan fingerprint density at radius 2 is 1.78 bits per heavy atom. The fourth-order valence-corrected chi connectivity index (χ4v) is 1.46. The molecule has 0 fully saturated rings. The lowest BCUT2D eigenvalue weighted by atomic mass is 10.0. The Bertz CT molecular complexity index is 261. The Kier molecular flexibility index (Phi) is 8.78. The summed E-state index contributed by atoms with van der Waals surface area (Å²) >= 11 is 0. The van der Waals surface area contributed by atoms with E-state index in [0.29, 0.717) is 13.1 Å². The normalized spacial score (nSPS) is 11.5. The smallest absolute Gasteiger partial charge is 0.311 e. The van der Waals surface area contributed by atoms with Gasteiger partial charge in [-0.15, -0.1) is 0 Å². The predicted octanol–water partition coefficient (Wildman–Crippen LogP) is 0.913. The van der Waals surface area contributed by atoms with Crippen LogP contribution in [-0.4, -0.2) is 36.8 Å². The number of hydrogen-bond donors (Lipinski definition) is 0. The van der Waals surface area contributed by atoms with Crippen molar-refractivity contribution < 1.29 is 19.5 Å². The Morgan fingerprint density at radius 1 is 1.22 bits per heavy atom. The van der Waals surface area contributed by atoms with Gasteiger partial charge in [0.25, 0.3) is 6.79 Å². The molecule has 6 nitrogen and oxygen atoms in total. The molecule has 0 rings (SSSR count). The zero-order valence-electron chi connectivity index (χ0n) is 11.6. The summed E-state index contributed by atoms with van der Waals surface area (Å²) in [5.74, 6) is -0.433. The van der Waals surface area contributed by atoms with Gasteiger partial charge in [-0.2, -0.15) is 0 Å². The average molecular weight is 259 g/mol. The molecule has 0 aliphatic carbocycles. The molecule has 6 heteroatoms. The van der Waals surface area contributed by atoms with E-state index in [9.17, 15) is 9.90 Å². The number of carbonyl (C=O) groups excluding carboxylic acids is 1. The van der Waals surface area contributed by atoms with Crippen LogP contribution >= 0.6 is 0 Å². The molecule has 0 heterocycles. The van der Waals surface area contributed by atoms with Crippen LogP contribution in [0, 0.1) is 5.92 Å². The minimum Gasteiger partial charge on any atom is -0.844 e. The highest BCUT2D eigenvalue weighted by Gasteiger charge is 2.15. The first-order valence-corrected chi connectivity index (χ1v) is 6.39. The maximum atomic E-state index is 11.5. The fourth-order valence-electron chi connectivity index (χ4n) is 1.46. The minimum atomic E-state index is -0.460. The third-order valence-corrected chi connectivity index (χ3v) is 2.75. The molecule has 0 aromatic rings. The molecule has 0 N–H and O–H groups in total. The molecule has 0 bridgehead atoms. The quantitative estimate of drug-likeness (QED) is 0.162. The molecule has 0 amide bonds. The minimum absolute atomic E-state index is 0.118. The Labute approximate surface area is 109 Å². The van der Waals surface area contributed by atoms with Crippen LogP contribution in [0.3, 0.4) is 0 Å². The SMILES string of the molecule is CCC(CC)C(=O)OCO/N=C(\[O-])N(CC)CC. The predicted molar refractivity (Wildman–Crippen MR) is 66.5 cm³/mol. The topological polar surface area (TPSA) is 74.2 Å². The van der Waals surface area contributed by atoms with Gasteiger partial charge >= 0.3 is 5.97 Å². The van der Waals surface area contributed by atoms with E-state index in [2.05, 4.69) is 9.99 Å². The average Bonchev–Trinajstić information content (AvgIpc) is 2.37. The van der Waals surface area contributed by atoms with Crippen LogP contribution in [0.4, 0.5) is 0 Å². The van der Waals surface area contributed by atoms with Crippen LogP contribution in [0.25, 0.3) is 0 Å². The van der Waals surface area contributed by atoms with E-state index in [-0.39, 0.29) is 18.7 Å². The highest BCUT2D eigenvalue weighted by molar-refractivity contribution is 5.72. The summed E-state index contributed by atoms with van der Waals surface area (Å²) in [5.41, 5.74) is 0. The van der Waals surface area contributed by atoms with Crippen LogP contribution in [0.1, 0.15) is 40.5 Å². The van der Waals surface area contributed by atoms with Crippen molar-refractivity contribution in [3.8, 4) is 0 Å². The number of amidine groups is 1. The third kappa shape index (κ3) is 5.75. The van der Waals surface area contributed by atoms with E-state index in [0.717, 1.165) is 12.8 Å². The maximum Gasteiger partial charge on any atom is 0.311 e. The van der Waals surface area contributed by atoms with Gasteiger partial charge in [-0.05, 0) is 26.7 Å². The summed E-state index contributed by atoms with van der Waals surface area (Å²) < 4.78 is 4.86. The summed E-state index contributed by atoms with van der Waals surface area (Å²) in [7, 11) is 0. The van der Waals surface area contributed by atoms with Crippen molar-refractivity contribution in [2.75, 3.05) is 19.9 Å². The number of ether oxygens (including phenoxy) is 1. The molecule has 106 valence electrons. The van der Waals surface area contributed by atoms with Gasteiger partial charge in [-0.3, -0.25) is 4.79 Å². The molecule has 0 aliphatic heterocycles. The zero-order valence-corrected chi connectivity index (χ0v) is 11.6. The van der Waals surface area contributed by atoms with E-state index in [1.807, 2.05) is 27.7 Å². The van der Waals surface area contributed by atoms with Crippen molar-refractivity contribution in [1.82, 2.24) is 4.90 Å². The number of esters is 1. The fraction of sp³-hybridized carbons (Fsp3) is 0.833. The van der Waals surface area contributed by atoms with Crippen molar-refractivity contribution >= 4 is 12.0 Å². The van der Waals surface area contributed by atoms with E-state index in [4.69, 9.17) is 4.74 Å². The lowest BCUT2D eigenvalue weighted by Gasteiger charge is -2.25. The van der Waals surface area contributed by atoms with Gasteiger partial charge in [-0.25, -0.2) is 0 Å². The molecular weight excluding hydrogens is 236 g/mol. The van der Waals surface area contributed by atoms with Crippen molar-refractivity contribution in [2.24, 2.45) is 11.1 Å². The van der Waals surface area contributed by atoms with Crippen LogP contribution in [0.5, 0.6) is 0 Å². The molecule has 18 heavy (non-hydrogen) atoms. The molecule has 0 atom stereocenters. The lowest BCUT2D eigenvalue weighted by Crippen LogP contribution is -2.39. The Hall–Kier alpha value is -1.46. The molecule has 0 aromatic heterocycles. The van der Waals surface area contributed by atoms with Crippen molar-refractivity contribution in [1.29, 1.82) is 0 Å². The Balaban J connectivity index is 3.98. The summed E-state index contributed by atoms with van der Waals surface area (Å²) in [4.78, 5) is 17.6.